The van der Waals surface area contributed by atoms with Gasteiger partial charge >= 0.3 is 0 Å². The van der Waals surface area contributed by atoms with Gasteiger partial charge in [0.2, 0.25) is 5.91 Å². The van der Waals surface area contributed by atoms with Gasteiger partial charge in [0.15, 0.2) is 5.82 Å². The number of hydrogen-bond donors (Lipinski definition) is 3. The fourth-order valence-corrected chi connectivity index (χ4v) is 5.57. The maximum atomic E-state index is 13.1. The SMILES string of the molecule is C/C(CN)=C(\C(=O)NC1C(=O)N2C(c3nn[nH]n3)C(C)(C)S[C@@H]12)c1ccccc1. The second-order valence-electron chi connectivity index (χ2n) is 7.71. The first kappa shape index (κ1) is 19.6. The van der Waals surface area contributed by atoms with Crippen LogP contribution in [-0.4, -0.2) is 60.0 Å². The van der Waals surface area contributed by atoms with Crippen molar-refractivity contribution in [3.8, 4) is 0 Å². The average molecular weight is 414 g/mol. The van der Waals surface area contributed by atoms with Gasteiger partial charge in [0.1, 0.15) is 17.5 Å². The smallest absolute Gasteiger partial charge is 0.252 e. The van der Waals surface area contributed by atoms with Crippen molar-refractivity contribution < 1.29 is 9.59 Å². The molecule has 2 aromatic rings. The van der Waals surface area contributed by atoms with Gasteiger partial charge in [-0.3, -0.25) is 9.59 Å². The predicted octanol–water partition coefficient (Wildman–Crippen LogP) is 0.852. The zero-order valence-corrected chi connectivity index (χ0v) is 17.2. The number of benzene rings is 1. The molecular formula is C19H23N7O2S. The van der Waals surface area contributed by atoms with Crippen LogP contribution in [0, 0.1) is 0 Å². The van der Waals surface area contributed by atoms with E-state index in [1.165, 1.54) is 0 Å². The highest BCUT2D eigenvalue weighted by Gasteiger charge is 2.63. The number of H-pyrrole nitrogens is 1. The summed E-state index contributed by atoms with van der Waals surface area (Å²) in [4.78, 5) is 27.8. The Bertz CT molecular complexity index is 958. The number of carbonyl (C=O) groups is 2. The molecule has 152 valence electrons. The number of thioether (sulfide) groups is 1. The van der Waals surface area contributed by atoms with Gasteiger partial charge in [-0.25, -0.2) is 0 Å². The van der Waals surface area contributed by atoms with Crippen LogP contribution in [0.3, 0.4) is 0 Å². The lowest BCUT2D eigenvalue weighted by atomic mass is 9.94. The van der Waals surface area contributed by atoms with Gasteiger partial charge < -0.3 is 16.0 Å². The molecule has 0 aliphatic carbocycles. The molecule has 2 saturated heterocycles. The van der Waals surface area contributed by atoms with Crippen molar-refractivity contribution in [1.82, 2.24) is 30.8 Å². The van der Waals surface area contributed by atoms with Crippen molar-refractivity contribution >= 4 is 29.1 Å². The maximum absolute atomic E-state index is 13.1. The Hall–Kier alpha value is -2.72. The van der Waals surface area contributed by atoms with Crippen LogP contribution in [0.2, 0.25) is 0 Å². The van der Waals surface area contributed by atoms with E-state index in [-0.39, 0.29) is 34.5 Å². The number of aromatic amines is 1. The number of carbonyl (C=O) groups excluding carboxylic acids is 2. The first-order chi connectivity index (χ1) is 13.8. The Morgan fingerprint density at radius 1 is 1.34 bits per heavy atom. The number of nitrogens with one attached hydrogen (secondary N) is 2. The first-order valence-electron chi connectivity index (χ1n) is 9.34. The zero-order valence-electron chi connectivity index (χ0n) is 16.4. The molecule has 2 fully saturated rings. The molecule has 0 radical (unpaired) electrons. The van der Waals surface area contributed by atoms with Gasteiger partial charge in [-0.2, -0.15) is 5.21 Å². The molecule has 0 saturated carbocycles. The number of hydrogen-bond acceptors (Lipinski definition) is 7. The highest BCUT2D eigenvalue weighted by Crippen LogP contribution is 2.56. The Morgan fingerprint density at radius 2 is 2.07 bits per heavy atom. The second kappa shape index (κ2) is 7.27. The molecule has 4 N–H and O–H groups in total. The second-order valence-corrected chi connectivity index (χ2v) is 9.48. The Balaban J connectivity index is 1.57. The summed E-state index contributed by atoms with van der Waals surface area (Å²) in [6.07, 6.45) is 0. The molecule has 1 aromatic heterocycles. The van der Waals surface area contributed by atoms with Gasteiger partial charge in [-0.15, -0.1) is 22.0 Å². The van der Waals surface area contributed by atoms with Crippen molar-refractivity contribution in [3.05, 3.63) is 47.3 Å². The predicted molar refractivity (Wildman–Crippen MR) is 109 cm³/mol. The van der Waals surface area contributed by atoms with Gasteiger partial charge in [0.25, 0.3) is 5.91 Å². The van der Waals surface area contributed by atoms with Crippen LogP contribution in [0.4, 0.5) is 0 Å². The van der Waals surface area contributed by atoms with Crippen molar-refractivity contribution in [3.63, 3.8) is 0 Å². The summed E-state index contributed by atoms with van der Waals surface area (Å²) in [6, 6.07) is 8.45. The molecule has 2 aliphatic rings. The Kier molecular flexibility index (Phi) is 4.91. The highest BCUT2D eigenvalue weighted by atomic mass is 32.2. The molecule has 2 unspecified atom stereocenters. The van der Waals surface area contributed by atoms with Crippen LogP contribution in [0.25, 0.3) is 5.57 Å². The van der Waals surface area contributed by atoms with E-state index >= 15 is 0 Å². The van der Waals surface area contributed by atoms with E-state index in [1.54, 1.807) is 16.7 Å². The van der Waals surface area contributed by atoms with Gasteiger partial charge in [0.05, 0.1) is 0 Å². The molecule has 2 amide bonds. The van der Waals surface area contributed by atoms with Crippen molar-refractivity contribution in [2.24, 2.45) is 5.73 Å². The Labute approximate surface area is 172 Å². The molecule has 0 spiro atoms. The molecule has 3 heterocycles. The van der Waals surface area contributed by atoms with Crippen molar-refractivity contribution in [2.75, 3.05) is 6.54 Å². The third kappa shape index (κ3) is 3.22. The Morgan fingerprint density at radius 3 is 2.69 bits per heavy atom. The van der Waals surface area contributed by atoms with Crippen LogP contribution in [0.15, 0.2) is 35.9 Å². The van der Waals surface area contributed by atoms with Crippen LogP contribution in [-0.2, 0) is 9.59 Å². The normalized spacial score (nSPS) is 25.9. The number of aromatic nitrogens is 4. The number of amides is 2. The maximum Gasteiger partial charge on any atom is 0.252 e. The molecule has 1 aromatic carbocycles. The molecule has 10 heteroatoms. The largest absolute Gasteiger partial charge is 0.338 e. The number of nitrogens with two attached hydrogens (primary N) is 1. The number of nitrogens with zero attached hydrogens (tertiary/aromatic N) is 4. The van der Waals surface area contributed by atoms with Crippen LogP contribution in [0.1, 0.15) is 38.2 Å². The highest BCUT2D eigenvalue weighted by molar-refractivity contribution is 8.01. The van der Waals surface area contributed by atoms with E-state index < -0.39 is 6.04 Å². The lowest BCUT2D eigenvalue weighted by Crippen LogP contribution is -2.68. The van der Waals surface area contributed by atoms with Crippen LogP contribution < -0.4 is 11.1 Å². The van der Waals surface area contributed by atoms with E-state index in [9.17, 15) is 9.59 Å². The van der Waals surface area contributed by atoms with Crippen LogP contribution >= 0.6 is 11.8 Å². The number of fused-ring (bicyclic) bond motifs is 1. The third-order valence-corrected chi connectivity index (χ3v) is 6.93. The number of rotatable bonds is 5. The monoisotopic (exact) mass is 413 g/mol. The van der Waals surface area contributed by atoms with E-state index in [1.807, 2.05) is 51.1 Å². The average Bonchev–Trinajstić information content (AvgIpc) is 3.31. The summed E-state index contributed by atoms with van der Waals surface area (Å²) in [6.45, 7) is 6.16. The van der Waals surface area contributed by atoms with Gasteiger partial charge in [-0.05, 0) is 31.9 Å². The van der Waals surface area contributed by atoms with E-state index in [0.29, 0.717) is 11.4 Å². The molecule has 0 bridgehead atoms. The summed E-state index contributed by atoms with van der Waals surface area (Å²) < 4.78 is -0.311. The van der Waals surface area contributed by atoms with Gasteiger partial charge in [-0.1, -0.05) is 35.5 Å². The molecule has 3 atom stereocenters. The summed E-state index contributed by atoms with van der Waals surface area (Å²) in [5, 5.41) is 17.0. The minimum absolute atomic E-state index is 0.144. The van der Waals surface area contributed by atoms with E-state index in [0.717, 1.165) is 11.1 Å². The summed E-state index contributed by atoms with van der Waals surface area (Å²) in [5.74, 6) is 0.0413. The molecule has 9 nitrogen and oxygen atoms in total. The van der Waals surface area contributed by atoms with E-state index in [4.69, 9.17) is 5.73 Å². The number of β-lactam (4-membered cyclic amide) rings is 1. The zero-order chi connectivity index (χ0) is 20.8. The van der Waals surface area contributed by atoms with Crippen LogP contribution in [0.5, 0.6) is 0 Å². The minimum atomic E-state index is -0.604. The summed E-state index contributed by atoms with van der Waals surface area (Å²) >= 11 is 1.63. The molecule has 29 heavy (non-hydrogen) atoms. The lowest BCUT2D eigenvalue weighted by molar-refractivity contribution is -0.151. The molecule has 4 rings (SSSR count). The summed E-state index contributed by atoms with van der Waals surface area (Å²) in [5.41, 5.74) is 7.86. The topological polar surface area (TPSA) is 130 Å². The minimum Gasteiger partial charge on any atom is -0.338 e. The molecule has 2 aliphatic heterocycles. The lowest BCUT2D eigenvalue weighted by Gasteiger charge is -2.44. The standard InChI is InChI=1S/C19H23N7O2S/c1-10(9-20)12(11-7-5-4-6-8-11)16(27)21-13-17(28)26-14(15-22-24-25-23-15)19(2,3)29-18(13)26/h4-8,13-14,18H,9,20H2,1-3H3,(H,21,27)(H,22,23,24,25)/b12-10+/t13?,14?,18-/m0/s1. The molecular weight excluding hydrogens is 390 g/mol. The third-order valence-electron chi connectivity index (χ3n) is 5.36. The summed E-state index contributed by atoms with van der Waals surface area (Å²) in [7, 11) is 0. The van der Waals surface area contributed by atoms with E-state index in [2.05, 4.69) is 25.9 Å². The quantitative estimate of drug-likeness (QED) is 0.489. The van der Waals surface area contributed by atoms with Crippen molar-refractivity contribution in [1.29, 1.82) is 0 Å². The fraction of sp³-hybridized carbons (Fsp3) is 0.421. The fourth-order valence-electron chi connectivity index (χ4n) is 3.94. The van der Waals surface area contributed by atoms with Crippen molar-refractivity contribution in [2.45, 2.75) is 43.0 Å². The number of tetrazole rings is 1. The first-order valence-corrected chi connectivity index (χ1v) is 10.2. The van der Waals surface area contributed by atoms with Gasteiger partial charge in [0, 0.05) is 16.9 Å².